The van der Waals surface area contributed by atoms with Crippen LogP contribution in [0, 0.1) is 0 Å². The monoisotopic (exact) mass is 552 g/mol. The van der Waals surface area contributed by atoms with E-state index in [1.807, 2.05) is 22.0 Å². The summed E-state index contributed by atoms with van der Waals surface area (Å²) in [6.07, 6.45) is 0. The van der Waals surface area contributed by atoms with Crippen molar-refractivity contribution in [1.82, 2.24) is 29.1 Å². The van der Waals surface area contributed by atoms with Crippen molar-refractivity contribution in [3.8, 4) is 0 Å². The lowest BCUT2D eigenvalue weighted by Gasteiger charge is -2.41. The predicted molar refractivity (Wildman–Crippen MR) is 136 cm³/mol. The molecule has 0 amide bonds. The molecule has 0 bridgehead atoms. The van der Waals surface area contributed by atoms with Gasteiger partial charge in [-0.1, -0.05) is 15.0 Å². The van der Waals surface area contributed by atoms with Gasteiger partial charge in [-0.15, -0.1) is 54.5 Å². The number of nitrogens with zero attached hydrogens (tertiary/aromatic N) is 12. The Labute approximate surface area is 218 Å². The smallest absolute Gasteiger partial charge is 0.241 e. The minimum atomic E-state index is -0.973. The maximum Gasteiger partial charge on any atom is 0.402 e. The summed E-state index contributed by atoms with van der Waals surface area (Å²) in [5.41, 5.74) is 12.4. The molecule has 0 radical (unpaired) electrons. The van der Waals surface area contributed by atoms with E-state index < -0.39 is 5.91 Å². The van der Waals surface area contributed by atoms with E-state index in [-0.39, 0.29) is 0 Å². The lowest BCUT2D eigenvalue weighted by Crippen LogP contribution is -2.71. The molecule has 0 saturated carbocycles. The van der Waals surface area contributed by atoms with Crippen molar-refractivity contribution in [2.45, 2.75) is 5.91 Å². The van der Waals surface area contributed by atoms with Crippen molar-refractivity contribution in [2.75, 3.05) is 0 Å². The number of aromatic nitrogens is 6. The molecule has 0 aliphatic carbocycles. The van der Waals surface area contributed by atoms with Crippen LogP contribution in [0.4, 0.5) is 11.6 Å². The topological polar surface area (TPSA) is 117 Å². The Morgan fingerprint density at radius 3 is 2.08 bits per heavy atom. The summed E-state index contributed by atoms with van der Waals surface area (Å²) in [5, 5.41) is 0. The van der Waals surface area contributed by atoms with Gasteiger partial charge < -0.3 is 0 Å². The lowest BCUT2D eigenvalue weighted by molar-refractivity contribution is -0.791. The molecule has 0 aromatic carbocycles. The first-order chi connectivity index (χ1) is 18.4. The highest BCUT2D eigenvalue weighted by atomic mass is 32.1. The molecule has 6 aliphatic heterocycles. The fraction of sp³-hybridized carbons (Fsp3) is 0.0476. The predicted octanol–water partition coefficient (Wildman–Crippen LogP) is 1.53. The first-order valence-corrected chi connectivity index (χ1v) is 14.7. The normalized spacial score (nSPS) is 22.2. The van der Waals surface area contributed by atoms with Crippen molar-refractivity contribution in [2.24, 2.45) is 20.0 Å². The van der Waals surface area contributed by atoms with E-state index in [1.165, 1.54) is 0 Å². The van der Waals surface area contributed by atoms with Crippen LogP contribution in [0.3, 0.4) is 0 Å². The van der Waals surface area contributed by atoms with Gasteiger partial charge in [0.15, 0.2) is 22.7 Å². The number of amidine groups is 4. The number of aliphatic imine (C=N–C) groups is 2. The Morgan fingerprint density at radius 2 is 1.27 bits per heavy atom. The van der Waals surface area contributed by atoms with E-state index in [0.29, 0.717) is 0 Å². The number of thiazole rings is 4. The largest absolute Gasteiger partial charge is 0.402 e. The minimum absolute atomic E-state index is 0.772. The molecule has 12 nitrogen and oxygen atoms in total. The van der Waals surface area contributed by atoms with E-state index >= 15 is 0 Å². The van der Waals surface area contributed by atoms with Crippen LogP contribution in [-0.4, -0.2) is 61.6 Å². The quantitative estimate of drug-likeness (QED) is 0.266. The third-order valence-corrected chi connectivity index (χ3v) is 11.0. The van der Waals surface area contributed by atoms with Gasteiger partial charge in [-0.25, -0.2) is 34.1 Å². The number of fused-ring (bicyclic) bond motifs is 12. The van der Waals surface area contributed by atoms with E-state index in [2.05, 4.69) is 18.3 Å². The van der Waals surface area contributed by atoms with Crippen LogP contribution < -0.4 is 11.0 Å². The van der Waals surface area contributed by atoms with E-state index in [9.17, 15) is 0 Å². The van der Waals surface area contributed by atoms with Crippen molar-refractivity contribution >= 4 is 101 Å². The van der Waals surface area contributed by atoms with Gasteiger partial charge in [0.25, 0.3) is 17.5 Å². The van der Waals surface area contributed by atoms with Crippen LogP contribution in [0.1, 0.15) is 21.1 Å². The third-order valence-electron chi connectivity index (χ3n) is 7.67. The van der Waals surface area contributed by atoms with Crippen LogP contribution in [0.15, 0.2) is 42.0 Å². The van der Waals surface area contributed by atoms with Crippen LogP contribution in [0.2, 0.25) is 0 Å². The molecule has 0 unspecified atom stereocenters. The van der Waals surface area contributed by atoms with E-state index in [4.69, 9.17) is 39.9 Å². The summed E-state index contributed by atoms with van der Waals surface area (Å²) in [6.45, 7) is 0. The Balaban J connectivity index is 1.47. The maximum atomic E-state index is 5.23. The summed E-state index contributed by atoms with van der Waals surface area (Å²) in [5.74, 6) is 3.79. The molecule has 0 saturated heterocycles. The summed E-state index contributed by atoms with van der Waals surface area (Å²) < 4.78 is 10.8. The molecular formula is C21H4N12S4+2. The van der Waals surface area contributed by atoms with E-state index in [1.54, 1.807) is 45.3 Å². The fourth-order valence-electron chi connectivity index (χ4n) is 6.44. The summed E-state index contributed by atoms with van der Waals surface area (Å²) in [7, 11) is 0. The maximum absolute atomic E-state index is 5.23. The van der Waals surface area contributed by atoms with Crippen LogP contribution in [-0.2, 0) is 5.91 Å². The SMILES string of the molecule is c1nc2c(s1)C1=Nc3c4ncsc4c4n3[C@@]35n6c(c7ncsc7c6=NC6=[N+]3C(=NC2=[N+]15)c1scnc16)=N4. The van der Waals surface area contributed by atoms with Gasteiger partial charge >= 0.3 is 11.7 Å². The molecule has 6 aliphatic rings. The molecule has 1 spiro atoms. The molecule has 0 fully saturated rings. The highest BCUT2D eigenvalue weighted by Gasteiger charge is 2.70. The highest BCUT2D eigenvalue weighted by Crippen LogP contribution is 2.52. The first-order valence-electron chi connectivity index (χ1n) is 11.2. The van der Waals surface area contributed by atoms with Gasteiger partial charge in [0.2, 0.25) is 11.3 Å². The number of rotatable bonds is 0. The molecule has 16 heteroatoms. The number of hydrogen-bond acceptors (Lipinski definition) is 12. The molecule has 12 rings (SSSR count). The van der Waals surface area contributed by atoms with Crippen molar-refractivity contribution in [3.05, 3.63) is 54.2 Å². The van der Waals surface area contributed by atoms with Gasteiger partial charge in [0.1, 0.15) is 30.2 Å². The van der Waals surface area contributed by atoms with Crippen molar-refractivity contribution in [3.63, 3.8) is 0 Å². The molecule has 37 heavy (non-hydrogen) atoms. The Hall–Kier alpha value is -4.12. The van der Waals surface area contributed by atoms with Crippen molar-refractivity contribution < 1.29 is 9.15 Å². The zero-order valence-corrected chi connectivity index (χ0v) is 21.1. The zero-order valence-electron chi connectivity index (χ0n) is 17.8. The second kappa shape index (κ2) is 5.01. The van der Waals surface area contributed by atoms with Gasteiger partial charge in [-0.3, -0.25) is 0 Å². The summed E-state index contributed by atoms with van der Waals surface area (Å²) >= 11 is 6.32. The molecule has 1 atom stereocenters. The summed E-state index contributed by atoms with van der Waals surface area (Å²) in [4.78, 5) is 41.9. The van der Waals surface area contributed by atoms with E-state index in [0.717, 1.165) is 87.5 Å². The molecule has 6 aromatic heterocycles. The van der Waals surface area contributed by atoms with Gasteiger partial charge in [-0.05, 0) is 0 Å². The Kier molecular flexibility index (Phi) is 2.35. The van der Waals surface area contributed by atoms with Crippen LogP contribution >= 0.6 is 45.3 Å². The van der Waals surface area contributed by atoms with Gasteiger partial charge in [-0.2, -0.15) is 0 Å². The molecule has 12 heterocycles. The second-order valence-electron chi connectivity index (χ2n) is 9.10. The number of hydrogen-bond donors (Lipinski definition) is 0. The van der Waals surface area contributed by atoms with Crippen molar-refractivity contribution in [1.29, 1.82) is 0 Å². The highest BCUT2D eigenvalue weighted by molar-refractivity contribution is 7.17. The molecular weight excluding hydrogens is 549 g/mol. The Morgan fingerprint density at radius 1 is 0.595 bits per heavy atom. The average molecular weight is 553 g/mol. The van der Waals surface area contributed by atoms with Crippen LogP contribution in [0.25, 0.3) is 20.4 Å². The molecule has 0 N–H and O–H groups in total. The average Bonchev–Trinajstić information content (AvgIpc) is 3.73. The molecule has 170 valence electrons. The summed E-state index contributed by atoms with van der Waals surface area (Å²) in [6, 6.07) is 0. The fourth-order valence-corrected chi connectivity index (χ4v) is 9.49. The molecule has 6 aromatic rings. The third kappa shape index (κ3) is 1.45. The van der Waals surface area contributed by atoms with Gasteiger partial charge in [0, 0.05) is 0 Å². The van der Waals surface area contributed by atoms with Gasteiger partial charge in [0.05, 0.1) is 22.0 Å². The standard InChI is InChI=1S/C21H4N12S4/c1-22-5-9(34-1)17-27-14-6-11(36-2-23-6)19-29-16-8-12(37-4-25-8)20-28-15-7-10(35-3-24-7)18-26-13(5)30(17)21(31(14)19,32(15)18)33(16)20/h1-4H/q+2/t21-. The van der Waals surface area contributed by atoms with Crippen LogP contribution in [0.5, 0.6) is 0 Å². The first kappa shape index (κ1) is 17.4. The minimum Gasteiger partial charge on any atom is -0.241 e. The Bertz CT molecular complexity index is 2480. The zero-order chi connectivity index (χ0) is 23.4. The second-order valence-corrected chi connectivity index (χ2v) is 12.5. The lowest BCUT2D eigenvalue weighted by atomic mass is 10.3.